The Balaban J connectivity index is 2.38. The zero-order valence-corrected chi connectivity index (χ0v) is 12.9. The van der Waals surface area contributed by atoms with Crippen LogP contribution in [0.2, 0.25) is 0 Å². The predicted octanol–water partition coefficient (Wildman–Crippen LogP) is 3.28. The molecule has 0 aliphatic heterocycles. The van der Waals surface area contributed by atoms with Crippen LogP contribution in [0.25, 0.3) is 0 Å². The van der Waals surface area contributed by atoms with Gasteiger partial charge < -0.3 is 5.73 Å². The van der Waals surface area contributed by atoms with Crippen LogP contribution in [0.5, 0.6) is 0 Å². The van der Waals surface area contributed by atoms with Crippen molar-refractivity contribution in [2.75, 3.05) is 10.5 Å². The van der Waals surface area contributed by atoms with E-state index in [0.717, 1.165) is 10.5 Å². The molecule has 7 heteroatoms. The van der Waals surface area contributed by atoms with Crippen molar-refractivity contribution in [1.29, 1.82) is 0 Å². The SMILES string of the molecule is Cc1c(N)cc(S(=O)(=O)Nc2ccc(Br)cc2)cc1F. The van der Waals surface area contributed by atoms with Gasteiger partial charge in [-0.15, -0.1) is 0 Å². The van der Waals surface area contributed by atoms with Crippen molar-refractivity contribution in [3.05, 3.63) is 52.3 Å². The third kappa shape index (κ3) is 3.10. The van der Waals surface area contributed by atoms with Gasteiger partial charge in [-0.1, -0.05) is 15.9 Å². The van der Waals surface area contributed by atoms with Crippen LogP contribution in [0.1, 0.15) is 5.56 Å². The van der Waals surface area contributed by atoms with Crippen molar-refractivity contribution in [3.63, 3.8) is 0 Å². The third-order valence-corrected chi connectivity index (χ3v) is 4.65. The largest absolute Gasteiger partial charge is 0.398 e. The highest BCUT2D eigenvalue weighted by Gasteiger charge is 2.17. The number of hydrogen-bond acceptors (Lipinski definition) is 3. The number of sulfonamides is 1. The Labute approximate surface area is 125 Å². The van der Waals surface area contributed by atoms with Gasteiger partial charge in [0.05, 0.1) is 4.90 Å². The summed E-state index contributed by atoms with van der Waals surface area (Å²) in [5.41, 5.74) is 6.30. The second-order valence-corrected chi connectivity index (χ2v) is 6.83. The predicted molar refractivity (Wildman–Crippen MR) is 80.5 cm³/mol. The molecule has 0 saturated carbocycles. The lowest BCUT2D eigenvalue weighted by Gasteiger charge is -2.10. The number of nitrogen functional groups attached to an aromatic ring is 1. The minimum atomic E-state index is -3.87. The normalized spacial score (nSPS) is 11.3. The maximum atomic E-state index is 13.6. The highest BCUT2D eigenvalue weighted by molar-refractivity contribution is 9.10. The van der Waals surface area contributed by atoms with Gasteiger partial charge in [0, 0.05) is 21.4 Å². The first kappa shape index (κ1) is 14.8. The van der Waals surface area contributed by atoms with Gasteiger partial charge in [0.25, 0.3) is 10.0 Å². The summed E-state index contributed by atoms with van der Waals surface area (Å²) >= 11 is 3.25. The van der Waals surface area contributed by atoms with Crippen LogP contribution < -0.4 is 10.5 Å². The minimum Gasteiger partial charge on any atom is -0.398 e. The van der Waals surface area contributed by atoms with Crippen LogP contribution >= 0.6 is 15.9 Å². The van der Waals surface area contributed by atoms with Crippen molar-refractivity contribution < 1.29 is 12.8 Å². The molecule has 0 unspecified atom stereocenters. The Kier molecular flexibility index (Phi) is 4.01. The van der Waals surface area contributed by atoms with Gasteiger partial charge in [0.1, 0.15) is 5.82 Å². The Morgan fingerprint density at radius 3 is 2.35 bits per heavy atom. The van der Waals surface area contributed by atoms with E-state index in [0.29, 0.717) is 5.69 Å². The molecule has 2 aromatic carbocycles. The summed E-state index contributed by atoms with van der Waals surface area (Å²) in [5.74, 6) is -0.652. The molecular weight excluding hydrogens is 347 g/mol. The van der Waals surface area contributed by atoms with Crippen LogP contribution in [-0.2, 0) is 10.0 Å². The molecule has 0 atom stereocenters. The zero-order chi connectivity index (χ0) is 14.9. The van der Waals surface area contributed by atoms with E-state index in [2.05, 4.69) is 20.7 Å². The van der Waals surface area contributed by atoms with E-state index < -0.39 is 15.8 Å². The van der Waals surface area contributed by atoms with Gasteiger partial charge in [-0.3, -0.25) is 4.72 Å². The molecule has 4 nitrogen and oxygen atoms in total. The first-order valence-corrected chi connectivity index (χ1v) is 7.91. The molecule has 0 aromatic heterocycles. The van der Waals surface area contributed by atoms with Crippen molar-refractivity contribution in [1.82, 2.24) is 0 Å². The Morgan fingerprint density at radius 2 is 1.80 bits per heavy atom. The molecule has 0 aliphatic carbocycles. The molecule has 0 spiro atoms. The van der Waals surface area contributed by atoms with E-state index in [9.17, 15) is 12.8 Å². The number of nitrogens with one attached hydrogen (secondary N) is 1. The molecule has 0 aliphatic rings. The van der Waals surface area contributed by atoms with Gasteiger partial charge in [0.2, 0.25) is 0 Å². The van der Waals surface area contributed by atoms with Crippen molar-refractivity contribution in [3.8, 4) is 0 Å². The van der Waals surface area contributed by atoms with Gasteiger partial charge >= 0.3 is 0 Å². The minimum absolute atomic E-state index is 0.0983. The number of halogens is 2. The third-order valence-electron chi connectivity index (χ3n) is 2.76. The summed E-state index contributed by atoms with van der Waals surface area (Å²) in [4.78, 5) is -0.207. The standard InChI is InChI=1S/C13H12BrFN2O2S/c1-8-12(15)6-11(7-13(8)16)20(18,19)17-10-4-2-9(14)3-5-10/h2-7,17H,16H2,1H3. The maximum absolute atomic E-state index is 13.6. The molecule has 0 radical (unpaired) electrons. The average Bonchev–Trinajstić information content (AvgIpc) is 2.38. The molecule has 2 rings (SSSR count). The summed E-state index contributed by atoms with van der Waals surface area (Å²) < 4.78 is 41.1. The van der Waals surface area contributed by atoms with Crippen molar-refractivity contribution >= 4 is 37.3 Å². The second-order valence-electron chi connectivity index (χ2n) is 4.23. The summed E-state index contributed by atoms with van der Waals surface area (Å²) in [6, 6.07) is 8.77. The zero-order valence-electron chi connectivity index (χ0n) is 10.5. The van der Waals surface area contributed by atoms with Gasteiger partial charge in [-0.25, -0.2) is 12.8 Å². The van der Waals surface area contributed by atoms with E-state index in [1.54, 1.807) is 24.3 Å². The van der Waals surface area contributed by atoms with Crippen LogP contribution in [0.3, 0.4) is 0 Å². The van der Waals surface area contributed by atoms with E-state index in [1.807, 2.05) is 0 Å². The van der Waals surface area contributed by atoms with E-state index >= 15 is 0 Å². The number of rotatable bonds is 3. The molecule has 0 fully saturated rings. The van der Waals surface area contributed by atoms with E-state index in [-0.39, 0.29) is 16.1 Å². The molecule has 106 valence electrons. The Morgan fingerprint density at radius 1 is 1.20 bits per heavy atom. The molecule has 20 heavy (non-hydrogen) atoms. The molecule has 0 bridgehead atoms. The lowest BCUT2D eigenvalue weighted by Crippen LogP contribution is -2.14. The first-order valence-electron chi connectivity index (χ1n) is 5.63. The van der Waals surface area contributed by atoms with Crippen molar-refractivity contribution in [2.24, 2.45) is 0 Å². The van der Waals surface area contributed by atoms with Gasteiger partial charge in [-0.2, -0.15) is 0 Å². The Hall–Kier alpha value is -1.60. The fourth-order valence-corrected chi connectivity index (χ4v) is 2.93. The lowest BCUT2D eigenvalue weighted by molar-refractivity contribution is 0.593. The fraction of sp³-hybridized carbons (Fsp3) is 0.0769. The topological polar surface area (TPSA) is 72.2 Å². The Bertz CT molecular complexity index is 722. The summed E-state index contributed by atoms with van der Waals surface area (Å²) in [6.45, 7) is 1.49. The summed E-state index contributed by atoms with van der Waals surface area (Å²) in [7, 11) is -3.87. The maximum Gasteiger partial charge on any atom is 0.262 e. The van der Waals surface area contributed by atoms with Crippen LogP contribution in [0, 0.1) is 12.7 Å². The second kappa shape index (κ2) is 5.41. The molecular formula is C13H12BrFN2O2S. The molecule has 0 amide bonds. The summed E-state index contributed by atoms with van der Waals surface area (Å²) in [5, 5.41) is 0. The van der Waals surface area contributed by atoms with Crippen LogP contribution in [0.4, 0.5) is 15.8 Å². The number of hydrogen-bond donors (Lipinski definition) is 2. The monoisotopic (exact) mass is 358 g/mol. The molecule has 3 N–H and O–H groups in total. The van der Waals surface area contributed by atoms with Crippen LogP contribution in [-0.4, -0.2) is 8.42 Å². The summed E-state index contributed by atoms with van der Waals surface area (Å²) in [6.07, 6.45) is 0. The quantitative estimate of drug-likeness (QED) is 0.827. The smallest absolute Gasteiger partial charge is 0.262 e. The average molecular weight is 359 g/mol. The molecule has 2 aromatic rings. The van der Waals surface area contributed by atoms with Gasteiger partial charge in [0.15, 0.2) is 0 Å². The highest BCUT2D eigenvalue weighted by Crippen LogP contribution is 2.23. The number of benzene rings is 2. The van der Waals surface area contributed by atoms with Crippen molar-refractivity contribution in [2.45, 2.75) is 11.8 Å². The van der Waals surface area contributed by atoms with Crippen LogP contribution in [0.15, 0.2) is 45.8 Å². The fourth-order valence-electron chi connectivity index (χ4n) is 1.56. The highest BCUT2D eigenvalue weighted by atomic mass is 79.9. The first-order chi connectivity index (χ1) is 9.29. The molecule has 0 heterocycles. The number of anilines is 2. The number of nitrogens with two attached hydrogens (primary N) is 1. The van der Waals surface area contributed by atoms with Gasteiger partial charge in [-0.05, 0) is 43.3 Å². The molecule has 0 saturated heterocycles. The lowest BCUT2D eigenvalue weighted by atomic mass is 10.2. The van der Waals surface area contributed by atoms with E-state index in [1.165, 1.54) is 13.0 Å². The van der Waals surface area contributed by atoms with E-state index in [4.69, 9.17) is 5.73 Å².